The Morgan fingerprint density at radius 2 is 0.902 bits per heavy atom. The van der Waals surface area contributed by atoms with Gasteiger partial charge in [0.05, 0.1) is 57.6 Å². The van der Waals surface area contributed by atoms with Crippen LogP contribution >= 0.6 is 0 Å². The largest absolute Gasteiger partial charge is 0.480 e. The predicted octanol–water partition coefficient (Wildman–Crippen LogP) is -5.71. The van der Waals surface area contributed by atoms with Crippen molar-refractivity contribution in [3.05, 3.63) is 0 Å². The van der Waals surface area contributed by atoms with Crippen LogP contribution in [0.4, 0.5) is 0 Å². The fourth-order valence-corrected chi connectivity index (χ4v) is 4.22. The fraction of sp³-hybridized carbons (Fsp3) is 0.833. The van der Waals surface area contributed by atoms with Crippen LogP contribution in [0.5, 0.6) is 0 Å². The number of nitrogens with one attached hydrogen (secondary N) is 2. The monoisotopic (exact) mass is 594 g/mol. The maximum absolute atomic E-state index is 13.3. The Kier molecular flexibility index (Phi) is 18.4. The number of aliphatic hydroxyl groups is 4. The van der Waals surface area contributed by atoms with Crippen LogP contribution in [-0.4, -0.2) is 209 Å². The van der Waals surface area contributed by atoms with Crippen molar-refractivity contribution in [1.29, 1.82) is 0 Å². The van der Waals surface area contributed by atoms with E-state index in [4.69, 9.17) is 10.2 Å². The third-order valence-corrected chi connectivity index (χ3v) is 6.52. The van der Waals surface area contributed by atoms with E-state index in [1.54, 1.807) is 19.6 Å². The molecular formula is C24H46N6O11. The summed E-state index contributed by atoms with van der Waals surface area (Å²) in [4.78, 5) is 54.3. The number of hydrogen-bond donors (Lipinski definition) is 9. The van der Waals surface area contributed by atoms with Gasteiger partial charge in [-0.2, -0.15) is 0 Å². The van der Waals surface area contributed by atoms with Gasteiger partial charge < -0.3 is 46.4 Å². The number of carboxylic acids is 3. The molecule has 3 atom stereocenters. The molecule has 238 valence electrons. The van der Waals surface area contributed by atoms with Gasteiger partial charge in [-0.3, -0.25) is 38.8 Å². The molecule has 0 radical (unpaired) electrons. The highest BCUT2D eigenvalue weighted by Crippen LogP contribution is 2.03. The van der Waals surface area contributed by atoms with Gasteiger partial charge >= 0.3 is 17.9 Å². The number of carboxylic acid groups (broad SMARTS) is 3. The summed E-state index contributed by atoms with van der Waals surface area (Å²) in [6.07, 6.45) is -2.14. The maximum Gasteiger partial charge on any atom is 0.317 e. The molecule has 17 nitrogen and oxygen atoms in total. The summed E-state index contributed by atoms with van der Waals surface area (Å²) < 4.78 is 0. The molecule has 0 aromatic rings. The van der Waals surface area contributed by atoms with Crippen molar-refractivity contribution in [3.8, 4) is 0 Å². The van der Waals surface area contributed by atoms with Crippen LogP contribution < -0.4 is 10.6 Å². The number of carbonyl (C=O) groups excluding carboxylic acids is 1. The molecule has 3 unspecified atom stereocenters. The molecule has 1 rings (SSSR count). The van der Waals surface area contributed by atoms with Crippen molar-refractivity contribution in [3.63, 3.8) is 0 Å². The number of ketones is 1. The first-order valence-corrected chi connectivity index (χ1v) is 13.5. The zero-order valence-corrected chi connectivity index (χ0v) is 23.3. The highest BCUT2D eigenvalue weighted by atomic mass is 16.4. The van der Waals surface area contributed by atoms with Crippen LogP contribution in [0.3, 0.4) is 0 Å². The van der Waals surface area contributed by atoms with Crippen molar-refractivity contribution < 1.29 is 54.9 Å². The minimum Gasteiger partial charge on any atom is -0.480 e. The van der Waals surface area contributed by atoms with Crippen LogP contribution in [0.15, 0.2) is 0 Å². The number of rotatable bonds is 18. The Balaban J connectivity index is 3.05. The average Bonchev–Trinajstić information content (AvgIpc) is 2.90. The van der Waals surface area contributed by atoms with Gasteiger partial charge in [-0.05, 0) is 0 Å². The summed E-state index contributed by atoms with van der Waals surface area (Å²) in [5.41, 5.74) is 0. The number of hydrogen-bond acceptors (Lipinski definition) is 14. The standard InChI is InChI=1S/C24H46N6O11/c31-16-18(33)9-25-11-20(26-10-19(34)17-32)21(35)12-27-1-3-28(13-22(36)37)5-7-30(15-24(40)41)8-6-29(4-2-27)14-23(38)39/h18-20,25-26,31-34H,1-17H2,(H,36,37)(H,38,39)(H,40,41). The van der Waals surface area contributed by atoms with Crippen LogP contribution in [0.25, 0.3) is 0 Å². The van der Waals surface area contributed by atoms with E-state index >= 15 is 0 Å². The lowest BCUT2D eigenvalue weighted by atomic mass is 10.1. The van der Waals surface area contributed by atoms with E-state index in [1.165, 1.54) is 0 Å². The molecule has 0 saturated carbocycles. The van der Waals surface area contributed by atoms with Crippen LogP contribution in [0, 0.1) is 0 Å². The van der Waals surface area contributed by atoms with Gasteiger partial charge in [-0.25, -0.2) is 0 Å². The molecule has 1 heterocycles. The molecule has 0 amide bonds. The minimum absolute atomic E-state index is 0.0153. The van der Waals surface area contributed by atoms with Crippen molar-refractivity contribution in [1.82, 2.24) is 30.2 Å². The van der Waals surface area contributed by atoms with Crippen LogP contribution in [0.2, 0.25) is 0 Å². The molecule has 0 bridgehead atoms. The summed E-state index contributed by atoms with van der Waals surface area (Å²) in [5.74, 6) is -3.46. The van der Waals surface area contributed by atoms with Crippen molar-refractivity contribution in [2.45, 2.75) is 18.2 Å². The molecule has 17 heteroatoms. The van der Waals surface area contributed by atoms with Gasteiger partial charge in [0.1, 0.15) is 0 Å². The summed E-state index contributed by atoms with van der Waals surface area (Å²) in [7, 11) is 0. The van der Waals surface area contributed by atoms with Crippen molar-refractivity contribution >= 4 is 23.7 Å². The molecular weight excluding hydrogens is 548 g/mol. The molecule has 1 fully saturated rings. The first kappa shape index (κ1) is 36.7. The topological polar surface area (TPSA) is 247 Å². The first-order chi connectivity index (χ1) is 19.4. The smallest absolute Gasteiger partial charge is 0.317 e. The zero-order chi connectivity index (χ0) is 30.8. The predicted molar refractivity (Wildman–Crippen MR) is 145 cm³/mol. The Labute approximate surface area is 238 Å². The normalized spacial score (nSPS) is 19.5. The number of Topliss-reactive ketones (excluding diaryl/α,β-unsaturated/α-hetero) is 1. The Morgan fingerprint density at radius 1 is 0.561 bits per heavy atom. The van der Waals surface area contributed by atoms with Crippen LogP contribution in [-0.2, 0) is 19.2 Å². The number of nitrogens with zero attached hydrogens (tertiary/aromatic N) is 4. The van der Waals surface area contributed by atoms with Gasteiger partial charge in [0.25, 0.3) is 0 Å². The second kappa shape index (κ2) is 20.5. The first-order valence-electron chi connectivity index (χ1n) is 13.5. The summed E-state index contributed by atoms with van der Waals surface area (Å²) in [6, 6.07) is -0.835. The maximum atomic E-state index is 13.3. The zero-order valence-electron chi connectivity index (χ0n) is 23.3. The number of aliphatic hydroxyl groups excluding tert-OH is 4. The second-order valence-electron chi connectivity index (χ2n) is 10.0. The molecule has 1 aliphatic heterocycles. The molecule has 1 saturated heterocycles. The lowest BCUT2D eigenvalue weighted by Gasteiger charge is -2.33. The quantitative estimate of drug-likeness (QED) is 0.0717. The minimum atomic E-state index is -1.11. The lowest BCUT2D eigenvalue weighted by Crippen LogP contribution is -2.53. The van der Waals surface area contributed by atoms with E-state index in [0.717, 1.165) is 0 Å². The van der Waals surface area contributed by atoms with Gasteiger partial charge in [0.2, 0.25) is 0 Å². The van der Waals surface area contributed by atoms with Crippen molar-refractivity contribution in [2.24, 2.45) is 0 Å². The highest BCUT2D eigenvalue weighted by molar-refractivity contribution is 5.86. The van der Waals surface area contributed by atoms with E-state index in [1.807, 2.05) is 0 Å². The summed E-state index contributed by atoms with van der Waals surface area (Å²) >= 11 is 0. The number of aliphatic carboxylic acids is 3. The molecule has 41 heavy (non-hydrogen) atoms. The molecule has 0 aromatic heterocycles. The second-order valence-corrected chi connectivity index (χ2v) is 10.0. The van der Waals surface area contributed by atoms with E-state index in [0.29, 0.717) is 0 Å². The van der Waals surface area contributed by atoms with Gasteiger partial charge in [0.15, 0.2) is 5.78 Å². The molecule has 9 N–H and O–H groups in total. The van der Waals surface area contributed by atoms with E-state index in [2.05, 4.69) is 10.6 Å². The lowest BCUT2D eigenvalue weighted by molar-refractivity contribution is -0.140. The molecule has 0 aromatic carbocycles. The Hall–Kier alpha value is -2.32. The van der Waals surface area contributed by atoms with E-state index < -0.39 is 49.4 Å². The van der Waals surface area contributed by atoms with Crippen LogP contribution in [0.1, 0.15) is 0 Å². The molecule has 1 aliphatic rings. The van der Waals surface area contributed by atoms with Crippen molar-refractivity contribution in [2.75, 3.05) is 111 Å². The molecule has 0 aliphatic carbocycles. The summed E-state index contributed by atoms with van der Waals surface area (Å²) in [6.45, 7) is 0.115. The SMILES string of the molecule is O=C(O)CN1CCN(CC(=O)O)CCN(CC(=O)C(CNCC(O)CO)NCC(O)CO)CCN(CC(=O)O)CC1. The summed E-state index contributed by atoms with van der Waals surface area (Å²) in [5, 5.41) is 71.2. The van der Waals surface area contributed by atoms with E-state index in [9.17, 15) is 44.7 Å². The van der Waals surface area contributed by atoms with Gasteiger partial charge in [0, 0.05) is 72.0 Å². The van der Waals surface area contributed by atoms with Gasteiger partial charge in [-0.15, -0.1) is 0 Å². The highest BCUT2D eigenvalue weighted by Gasteiger charge is 2.24. The average molecular weight is 595 g/mol. The number of carbonyl (C=O) groups is 4. The Morgan fingerprint density at radius 3 is 1.24 bits per heavy atom. The van der Waals surface area contributed by atoms with Gasteiger partial charge in [-0.1, -0.05) is 0 Å². The fourth-order valence-electron chi connectivity index (χ4n) is 4.22. The third kappa shape index (κ3) is 17.3. The Bertz CT molecular complexity index is 776. The van der Waals surface area contributed by atoms with E-state index in [-0.39, 0.29) is 104 Å². The molecule has 0 spiro atoms. The third-order valence-electron chi connectivity index (χ3n) is 6.52.